The van der Waals surface area contributed by atoms with Crippen molar-refractivity contribution in [1.29, 1.82) is 0 Å². The Morgan fingerprint density at radius 2 is 1.64 bits per heavy atom. The van der Waals surface area contributed by atoms with Gasteiger partial charge < -0.3 is 4.90 Å². The number of nitrogens with zero attached hydrogens (tertiary/aromatic N) is 6. The monoisotopic (exact) mass is 488 g/mol. The molecule has 0 spiro atoms. The second kappa shape index (κ2) is 8.96. The summed E-state index contributed by atoms with van der Waals surface area (Å²) in [5, 5.41) is 4.58. The van der Waals surface area contributed by atoms with Crippen molar-refractivity contribution in [2.24, 2.45) is 0 Å². The zero-order valence-electron chi connectivity index (χ0n) is 19.5. The maximum absolute atomic E-state index is 13.0. The van der Waals surface area contributed by atoms with Gasteiger partial charge >= 0.3 is 0 Å². The average Bonchev–Trinajstić information content (AvgIpc) is 3.32. The van der Waals surface area contributed by atoms with E-state index in [4.69, 9.17) is 0 Å². The number of aromatic nitrogens is 4. The lowest BCUT2D eigenvalue weighted by atomic mass is 10.1. The van der Waals surface area contributed by atoms with Gasteiger partial charge in [-0.1, -0.05) is 0 Å². The fourth-order valence-corrected chi connectivity index (χ4v) is 6.91. The van der Waals surface area contributed by atoms with Crippen molar-refractivity contribution >= 4 is 27.3 Å². The first kappa shape index (κ1) is 23.5. The summed E-state index contributed by atoms with van der Waals surface area (Å²) in [5.41, 5.74) is 4.16. The van der Waals surface area contributed by atoms with Crippen molar-refractivity contribution in [3.8, 4) is 5.95 Å². The SMILES string of the molecule is Cc1cc(C)nc(-n2nc(C)c(CC(=O)N3CCN(S(=O)(=O)c4ccc(C)s4)CC3)c2C)n1. The quantitative estimate of drug-likeness (QED) is 0.546. The van der Waals surface area contributed by atoms with Gasteiger partial charge in [0.05, 0.1) is 12.1 Å². The van der Waals surface area contributed by atoms with Crippen molar-refractivity contribution in [3.63, 3.8) is 0 Å². The highest BCUT2D eigenvalue weighted by atomic mass is 32.2. The molecule has 4 rings (SSSR count). The summed E-state index contributed by atoms with van der Waals surface area (Å²) < 4.78 is 29.2. The number of rotatable bonds is 5. The molecule has 0 aromatic carbocycles. The number of hydrogen-bond acceptors (Lipinski definition) is 7. The van der Waals surface area contributed by atoms with E-state index in [2.05, 4.69) is 15.1 Å². The van der Waals surface area contributed by atoms with Gasteiger partial charge in [-0.3, -0.25) is 4.79 Å². The summed E-state index contributed by atoms with van der Waals surface area (Å²) in [6.07, 6.45) is 0.208. The third kappa shape index (κ3) is 4.71. The number of thiophene rings is 1. The summed E-state index contributed by atoms with van der Waals surface area (Å²) in [6, 6.07) is 5.36. The highest BCUT2D eigenvalue weighted by Gasteiger charge is 2.31. The average molecular weight is 489 g/mol. The van der Waals surface area contributed by atoms with Crippen LogP contribution in [0.5, 0.6) is 0 Å². The molecule has 1 amide bonds. The Morgan fingerprint density at radius 3 is 2.21 bits per heavy atom. The minimum Gasteiger partial charge on any atom is -0.340 e. The predicted molar refractivity (Wildman–Crippen MR) is 126 cm³/mol. The van der Waals surface area contributed by atoms with Crippen molar-refractivity contribution in [1.82, 2.24) is 29.0 Å². The lowest BCUT2D eigenvalue weighted by Gasteiger charge is -2.33. The normalized spacial score (nSPS) is 15.2. The molecule has 0 aliphatic carbocycles. The molecule has 1 aliphatic heterocycles. The van der Waals surface area contributed by atoms with Crippen LogP contribution in [-0.2, 0) is 21.2 Å². The minimum absolute atomic E-state index is 0.0360. The van der Waals surface area contributed by atoms with E-state index in [0.29, 0.717) is 36.3 Å². The van der Waals surface area contributed by atoms with Gasteiger partial charge in [-0.15, -0.1) is 11.3 Å². The van der Waals surface area contributed by atoms with Gasteiger partial charge in [-0.2, -0.15) is 9.40 Å². The summed E-state index contributed by atoms with van der Waals surface area (Å²) in [6.45, 7) is 10.8. The molecule has 9 nitrogen and oxygen atoms in total. The van der Waals surface area contributed by atoms with Gasteiger partial charge in [0.25, 0.3) is 16.0 Å². The Labute approximate surface area is 198 Å². The summed E-state index contributed by atoms with van der Waals surface area (Å²) in [5.74, 6) is 0.459. The molecule has 1 fully saturated rings. The first-order valence-corrected chi connectivity index (χ1v) is 13.0. The smallest absolute Gasteiger partial charge is 0.252 e. The van der Waals surface area contributed by atoms with E-state index >= 15 is 0 Å². The molecule has 0 atom stereocenters. The van der Waals surface area contributed by atoms with E-state index in [0.717, 1.165) is 33.2 Å². The molecule has 1 aliphatic rings. The largest absolute Gasteiger partial charge is 0.340 e. The number of carbonyl (C=O) groups is 1. The van der Waals surface area contributed by atoms with Gasteiger partial charge in [0.1, 0.15) is 4.21 Å². The Morgan fingerprint density at radius 1 is 1.00 bits per heavy atom. The Kier molecular flexibility index (Phi) is 6.39. The summed E-state index contributed by atoms with van der Waals surface area (Å²) in [4.78, 5) is 24.7. The number of aryl methyl sites for hydroxylation is 4. The molecule has 3 aromatic heterocycles. The van der Waals surface area contributed by atoms with Crippen molar-refractivity contribution in [2.45, 2.75) is 45.2 Å². The first-order chi connectivity index (χ1) is 15.6. The van der Waals surface area contributed by atoms with Gasteiger partial charge in [0.2, 0.25) is 5.91 Å². The van der Waals surface area contributed by atoms with E-state index in [1.807, 2.05) is 46.8 Å². The van der Waals surface area contributed by atoms with Crippen LogP contribution in [0.2, 0.25) is 0 Å². The van der Waals surface area contributed by atoms with E-state index in [9.17, 15) is 13.2 Å². The van der Waals surface area contributed by atoms with Crippen molar-refractivity contribution in [2.75, 3.05) is 26.2 Å². The van der Waals surface area contributed by atoms with Crippen LogP contribution in [0.1, 0.15) is 33.2 Å². The fraction of sp³-hybridized carbons (Fsp3) is 0.455. The zero-order valence-corrected chi connectivity index (χ0v) is 21.1. The molecule has 1 saturated heterocycles. The summed E-state index contributed by atoms with van der Waals surface area (Å²) in [7, 11) is -3.51. The van der Waals surface area contributed by atoms with Gasteiger partial charge in [-0.05, 0) is 52.8 Å². The fourth-order valence-electron chi connectivity index (χ4n) is 4.05. The summed E-state index contributed by atoms with van der Waals surface area (Å²) >= 11 is 1.27. The van der Waals surface area contributed by atoms with Crippen LogP contribution in [0.3, 0.4) is 0 Å². The van der Waals surface area contributed by atoms with E-state index in [1.165, 1.54) is 15.6 Å². The zero-order chi connectivity index (χ0) is 23.9. The standard InChI is InChI=1S/C22H28N6O3S2/c1-14-12-15(2)24-22(23-14)28-18(5)19(17(4)25-28)13-20(29)26-8-10-27(11-9-26)33(30,31)21-7-6-16(3)32-21/h6-7,12H,8-11,13H2,1-5H3. The van der Waals surface area contributed by atoms with Crippen LogP contribution in [0.25, 0.3) is 5.95 Å². The molecule has 33 heavy (non-hydrogen) atoms. The molecule has 3 aromatic rings. The molecule has 0 radical (unpaired) electrons. The predicted octanol–water partition coefficient (Wildman–Crippen LogP) is 2.34. The lowest BCUT2D eigenvalue weighted by molar-refractivity contribution is -0.131. The Balaban J connectivity index is 1.45. The van der Waals surface area contributed by atoms with E-state index < -0.39 is 10.0 Å². The highest BCUT2D eigenvalue weighted by Crippen LogP contribution is 2.25. The third-order valence-electron chi connectivity index (χ3n) is 5.83. The van der Waals surface area contributed by atoms with E-state index in [-0.39, 0.29) is 12.3 Å². The maximum Gasteiger partial charge on any atom is 0.252 e. The van der Waals surface area contributed by atoms with Crippen LogP contribution >= 0.6 is 11.3 Å². The second-order valence-electron chi connectivity index (χ2n) is 8.34. The van der Waals surface area contributed by atoms with Crippen LogP contribution in [0.15, 0.2) is 22.4 Å². The third-order valence-corrected chi connectivity index (χ3v) is 9.20. The number of hydrogen-bond donors (Lipinski definition) is 0. The lowest BCUT2D eigenvalue weighted by Crippen LogP contribution is -2.50. The molecule has 0 bridgehead atoms. The molecule has 11 heteroatoms. The van der Waals surface area contributed by atoms with Crippen LogP contribution in [-0.4, -0.2) is 69.5 Å². The number of carbonyl (C=O) groups excluding carboxylic acids is 1. The second-order valence-corrected chi connectivity index (χ2v) is 11.8. The molecular weight excluding hydrogens is 460 g/mol. The number of sulfonamides is 1. The van der Waals surface area contributed by atoms with Crippen LogP contribution in [0.4, 0.5) is 0 Å². The topological polar surface area (TPSA) is 101 Å². The number of amides is 1. The maximum atomic E-state index is 13.0. The molecular formula is C22H28N6O3S2. The molecule has 0 saturated carbocycles. The molecule has 176 valence electrons. The first-order valence-electron chi connectivity index (χ1n) is 10.8. The number of piperazine rings is 1. The van der Waals surface area contributed by atoms with Gasteiger partial charge in [-0.25, -0.2) is 23.1 Å². The molecule has 0 unspecified atom stereocenters. The Hall–Kier alpha value is -2.63. The molecule has 4 heterocycles. The van der Waals surface area contributed by atoms with Gasteiger partial charge in [0, 0.05) is 53.7 Å². The highest BCUT2D eigenvalue weighted by molar-refractivity contribution is 7.91. The van der Waals surface area contributed by atoms with Gasteiger partial charge in [0.15, 0.2) is 0 Å². The van der Waals surface area contributed by atoms with Crippen molar-refractivity contribution in [3.05, 3.63) is 51.4 Å². The minimum atomic E-state index is -3.51. The van der Waals surface area contributed by atoms with E-state index in [1.54, 1.807) is 15.6 Å². The molecule has 0 N–H and O–H groups in total. The van der Waals surface area contributed by atoms with Crippen molar-refractivity contribution < 1.29 is 13.2 Å². The van der Waals surface area contributed by atoms with Crippen LogP contribution < -0.4 is 0 Å². The van der Waals surface area contributed by atoms with Crippen LogP contribution in [0, 0.1) is 34.6 Å². The Bertz CT molecular complexity index is 1280.